The van der Waals surface area contributed by atoms with E-state index in [4.69, 9.17) is 29.7 Å². The molecule has 8 aromatic rings. The SMILES string of the molecule is [2H]C([2H])([2H])c1c[c-]c(-c2[c-]ccc3c2oc2c4ccccc4ccc32)cc1-c1cc(C([2H])([2H])[2H])c(C([2H])([2H])[2H])cc1C([2H])([2H])[2H].[2H]C([2H])([2H])c1c[c-]c(-c2ccc(OC)cn2)cc1.[Ir+3]. The summed E-state index contributed by atoms with van der Waals surface area (Å²) >= 11 is 0. The predicted octanol–water partition coefficient (Wildman–Crippen LogP) is 11.8. The van der Waals surface area contributed by atoms with Crippen LogP contribution in [0, 0.1) is 52.5 Å². The first-order valence-electron chi connectivity index (χ1n) is 22.4. The Hall–Kier alpha value is -5.02. The fourth-order valence-corrected chi connectivity index (χ4v) is 5.60. The first kappa shape index (κ1) is 19.8. The molecule has 0 radical (unpaired) electrons. The zero-order valence-corrected chi connectivity index (χ0v) is 28.4. The summed E-state index contributed by atoms with van der Waals surface area (Å²) in [5.41, 5.74) is 1.30. The summed E-state index contributed by atoms with van der Waals surface area (Å²) in [6.07, 6.45) is 1.61. The first-order chi connectivity index (χ1) is 29.4. The van der Waals surface area contributed by atoms with Crippen LogP contribution in [0.3, 0.4) is 0 Å². The molecule has 3 nitrogen and oxygen atoms in total. The number of rotatable bonds is 4. The van der Waals surface area contributed by atoms with Gasteiger partial charge in [-0.25, -0.2) is 5.56 Å². The van der Waals surface area contributed by atoms with E-state index in [2.05, 4.69) is 23.2 Å². The van der Waals surface area contributed by atoms with Gasteiger partial charge in [-0.05, 0) is 60.0 Å². The van der Waals surface area contributed by atoms with Crippen LogP contribution in [0.2, 0.25) is 0 Å². The fraction of sp³-hybridized carbons (Fsp3) is 0.133. The summed E-state index contributed by atoms with van der Waals surface area (Å²) in [5, 5.41) is 3.50. The van der Waals surface area contributed by atoms with Crippen molar-refractivity contribution in [3.8, 4) is 39.3 Å². The van der Waals surface area contributed by atoms with E-state index in [0.717, 1.165) is 44.9 Å². The molecule has 0 spiro atoms. The molecular weight excluding hydrogens is 779 g/mol. The van der Waals surface area contributed by atoms with Crippen molar-refractivity contribution in [3.05, 3.63) is 155 Å². The predicted molar refractivity (Wildman–Crippen MR) is 199 cm³/mol. The quantitative estimate of drug-likeness (QED) is 0.166. The van der Waals surface area contributed by atoms with Crippen molar-refractivity contribution in [1.82, 2.24) is 4.98 Å². The maximum Gasteiger partial charge on any atom is 3.00 e. The van der Waals surface area contributed by atoms with Crippen molar-refractivity contribution in [1.29, 1.82) is 0 Å². The number of furan rings is 1. The zero-order valence-electron chi connectivity index (χ0n) is 41.0. The van der Waals surface area contributed by atoms with Crippen LogP contribution in [-0.4, -0.2) is 12.1 Å². The van der Waals surface area contributed by atoms with Gasteiger partial charge >= 0.3 is 20.1 Å². The molecule has 0 N–H and O–H groups in total. The van der Waals surface area contributed by atoms with Crippen molar-refractivity contribution < 1.29 is 49.8 Å². The normalized spacial score (nSPS) is 16.7. The number of aryl methyl sites for hydroxylation is 5. The minimum absolute atomic E-state index is 0. The van der Waals surface area contributed by atoms with Crippen LogP contribution in [0.4, 0.5) is 0 Å². The first-order valence-corrected chi connectivity index (χ1v) is 14.9. The van der Waals surface area contributed by atoms with Crippen molar-refractivity contribution in [2.45, 2.75) is 34.3 Å². The molecule has 4 heteroatoms. The van der Waals surface area contributed by atoms with Crippen LogP contribution < -0.4 is 4.74 Å². The Morgan fingerprint density at radius 1 is 0.653 bits per heavy atom. The van der Waals surface area contributed by atoms with Crippen molar-refractivity contribution in [2.24, 2.45) is 0 Å². The standard InChI is InChI=1S/C32H24O.C13H12NO.Ir/c1-19-12-13-24(18-30(19)29-17-21(3)20(2)16-22(29)4)26-10-7-11-27-28-15-14-23-8-5-6-9-25(23)31(28)33-32(26)27;1-10-3-5-11(6-4-10)13-8-7-12(15-2)9-14-13;/h5-9,11-12,14-18H,1-4H3;3-5,7-9H,1-2H3;/q-2;-1;+3/i1D3,2D3,3D3,4D3;1D3;. The largest absolute Gasteiger partial charge is 3.00 e. The van der Waals surface area contributed by atoms with Gasteiger partial charge in [-0.2, -0.15) is 35.9 Å². The van der Waals surface area contributed by atoms with Gasteiger partial charge in [0.15, 0.2) is 0 Å². The second-order valence-corrected chi connectivity index (χ2v) is 11.1. The van der Waals surface area contributed by atoms with E-state index in [0.29, 0.717) is 28.0 Å². The number of hydrogen-bond donors (Lipinski definition) is 0. The van der Waals surface area contributed by atoms with E-state index in [1.807, 2.05) is 42.5 Å². The topological polar surface area (TPSA) is 35.3 Å². The van der Waals surface area contributed by atoms with Crippen LogP contribution >= 0.6 is 0 Å². The minimum Gasteiger partial charge on any atom is -0.510 e. The van der Waals surface area contributed by atoms with Gasteiger partial charge in [-0.1, -0.05) is 73.7 Å². The van der Waals surface area contributed by atoms with Crippen molar-refractivity contribution in [2.75, 3.05) is 7.11 Å². The van der Waals surface area contributed by atoms with E-state index in [-0.39, 0.29) is 42.4 Å². The molecule has 0 aliphatic rings. The summed E-state index contributed by atoms with van der Waals surface area (Å²) in [4.78, 5) is 4.21. The van der Waals surface area contributed by atoms with Crippen LogP contribution in [0.1, 0.15) is 48.4 Å². The molecule has 49 heavy (non-hydrogen) atoms. The van der Waals surface area contributed by atoms with Gasteiger partial charge in [0.1, 0.15) is 11.3 Å². The molecule has 8 rings (SSSR count). The maximum absolute atomic E-state index is 8.21. The number of nitrogens with zero attached hydrogens (tertiary/aromatic N) is 1. The number of aromatic nitrogens is 1. The maximum atomic E-state index is 8.21. The van der Waals surface area contributed by atoms with E-state index >= 15 is 0 Å². The smallest absolute Gasteiger partial charge is 0.510 e. The average molecular weight is 830 g/mol. The Kier molecular flexibility index (Phi) is 5.76. The van der Waals surface area contributed by atoms with Crippen molar-refractivity contribution in [3.63, 3.8) is 0 Å². The minimum atomic E-state index is -2.94. The van der Waals surface area contributed by atoms with Crippen LogP contribution in [-0.2, 0) is 20.1 Å². The van der Waals surface area contributed by atoms with E-state index in [1.54, 1.807) is 43.6 Å². The molecular formula is C45H36IrNO2. The molecule has 0 saturated heterocycles. The van der Waals surface area contributed by atoms with Crippen molar-refractivity contribution >= 4 is 32.7 Å². The van der Waals surface area contributed by atoms with Gasteiger partial charge in [0, 0.05) is 36.9 Å². The molecule has 2 heterocycles. The van der Waals surface area contributed by atoms with Crippen LogP contribution in [0.25, 0.3) is 66.2 Å². The monoisotopic (exact) mass is 830 g/mol. The number of fused-ring (bicyclic) bond motifs is 5. The third-order valence-electron chi connectivity index (χ3n) is 8.05. The van der Waals surface area contributed by atoms with E-state index < -0.39 is 50.9 Å². The van der Waals surface area contributed by atoms with Gasteiger partial charge < -0.3 is 14.1 Å². The molecule has 0 bridgehead atoms. The zero-order chi connectivity index (χ0) is 45.9. The Balaban J connectivity index is 0.000000300. The molecule has 6 aromatic carbocycles. The second-order valence-electron chi connectivity index (χ2n) is 11.1. The van der Waals surface area contributed by atoms with E-state index in [9.17, 15) is 0 Å². The van der Waals surface area contributed by atoms with Gasteiger partial charge in [-0.15, -0.1) is 52.6 Å². The molecule has 0 aliphatic carbocycles. The Labute approximate surface area is 323 Å². The Bertz CT molecular complexity index is 2960. The Morgan fingerprint density at radius 3 is 2.20 bits per heavy atom. The molecule has 0 unspecified atom stereocenters. The molecule has 0 atom stereocenters. The number of pyridine rings is 1. The number of benzene rings is 6. The summed E-state index contributed by atoms with van der Waals surface area (Å²) in [6, 6.07) is 37.1. The molecule has 242 valence electrons. The summed E-state index contributed by atoms with van der Waals surface area (Å²) in [6.45, 7) is -13.7. The molecule has 0 aliphatic heterocycles. The van der Waals surface area contributed by atoms with Gasteiger partial charge in [-0.3, -0.25) is 0 Å². The average Bonchev–Trinajstić information content (AvgIpc) is 3.61. The Morgan fingerprint density at radius 2 is 1.45 bits per heavy atom. The third kappa shape index (κ3) is 6.68. The summed E-state index contributed by atoms with van der Waals surface area (Å²) in [7, 11) is 1.58. The van der Waals surface area contributed by atoms with E-state index in [1.165, 1.54) is 18.2 Å². The molecule has 0 saturated carbocycles. The number of hydrogen-bond acceptors (Lipinski definition) is 3. The second kappa shape index (κ2) is 14.2. The number of ether oxygens (including phenoxy) is 1. The fourth-order valence-electron chi connectivity index (χ4n) is 5.60. The summed E-state index contributed by atoms with van der Waals surface area (Å²) in [5.74, 6) is 0.679. The van der Waals surface area contributed by atoms with Gasteiger partial charge in [0.2, 0.25) is 0 Å². The van der Waals surface area contributed by atoms with Crippen LogP contribution in [0.15, 0.2) is 114 Å². The molecule has 0 fully saturated rings. The van der Waals surface area contributed by atoms with Gasteiger partial charge in [0.05, 0.1) is 13.3 Å². The summed E-state index contributed by atoms with van der Waals surface area (Å²) < 4.78 is 130. The third-order valence-corrected chi connectivity index (χ3v) is 8.05. The van der Waals surface area contributed by atoms with Crippen LogP contribution in [0.5, 0.6) is 5.75 Å². The number of methoxy groups -OCH3 is 1. The van der Waals surface area contributed by atoms with Gasteiger partial charge in [0.25, 0.3) is 0 Å². The molecule has 0 amide bonds. The molecule has 2 aromatic heterocycles.